The summed E-state index contributed by atoms with van der Waals surface area (Å²) in [6, 6.07) is 2.30. The molecule has 1 aromatic carbocycles. The molecular formula is C10H10F3N. The van der Waals surface area contributed by atoms with Crippen molar-refractivity contribution in [2.45, 2.75) is 12.3 Å². The molecule has 76 valence electrons. The molecule has 0 spiro atoms. The molecule has 1 aliphatic heterocycles. The highest BCUT2D eigenvalue weighted by Gasteiger charge is 2.23. The summed E-state index contributed by atoms with van der Waals surface area (Å²) in [5.41, 5.74) is 0.272. The smallest absolute Gasteiger partial charge is 0.194 e. The Morgan fingerprint density at radius 3 is 2.57 bits per heavy atom. The molecule has 1 saturated heterocycles. The number of halogens is 3. The van der Waals surface area contributed by atoms with E-state index in [0.29, 0.717) is 6.54 Å². The van der Waals surface area contributed by atoms with Crippen LogP contribution >= 0.6 is 0 Å². The van der Waals surface area contributed by atoms with Crippen LogP contribution < -0.4 is 5.32 Å². The predicted octanol–water partition coefficient (Wildman–Crippen LogP) is 2.18. The van der Waals surface area contributed by atoms with Gasteiger partial charge in [-0.3, -0.25) is 0 Å². The minimum atomic E-state index is -1.37. The van der Waals surface area contributed by atoms with Crippen LogP contribution in [0.4, 0.5) is 13.2 Å². The fraction of sp³-hybridized carbons (Fsp3) is 0.400. The van der Waals surface area contributed by atoms with E-state index in [1.54, 1.807) is 0 Å². The number of nitrogens with one attached hydrogen (secondary N) is 1. The van der Waals surface area contributed by atoms with Gasteiger partial charge in [-0.2, -0.15) is 0 Å². The van der Waals surface area contributed by atoms with Crippen molar-refractivity contribution in [2.75, 3.05) is 13.1 Å². The summed E-state index contributed by atoms with van der Waals surface area (Å²) in [5, 5.41) is 3.05. The standard InChI is InChI=1S/C10H10F3N/c11-8-2-1-7(9(12)10(8)13)6-3-4-14-5-6/h1-2,6,14H,3-5H2. The van der Waals surface area contributed by atoms with Gasteiger partial charge in [-0.25, -0.2) is 13.2 Å². The normalized spacial score (nSPS) is 21.5. The molecule has 14 heavy (non-hydrogen) atoms. The highest BCUT2D eigenvalue weighted by Crippen LogP contribution is 2.26. The van der Waals surface area contributed by atoms with Crippen LogP contribution in [-0.2, 0) is 0 Å². The Labute approximate surface area is 79.9 Å². The summed E-state index contributed by atoms with van der Waals surface area (Å²) < 4.78 is 38.8. The van der Waals surface area contributed by atoms with E-state index in [-0.39, 0.29) is 11.5 Å². The van der Waals surface area contributed by atoms with Crippen molar-refractivity contribution < 1.29 is 13.2 Å². The van der Waals surface area contributed by atoms with Crippen molar-refractivity contribution >= 4 is 0 Å². The maximum Gasteiger partial charge on any atom is 0.194 e. The van der Waals surface area contributed by atoms with Crippen molar-refractivity contribution in [1.82, 2.24) is 5.32 Å². The zero-order chi connectivity index (χ0) is 10.1. The van der Waals surface area contributed by atoms with E-state index in [4.69, 9.17) is 0 Å². The molecule has 1 nitrogen and oxygen atoms in total. The molecule has 1 heterocycles. The minimum Gasteiger partial charge on any atom is -0.316 e. The van der Waals surface area contributed by atoms with Crippen LogP contribution in [0.3, 0.4) is 0 Å². The number of rotatable bonds is 1. The largest absolute Gasteiger partial charge is 0.316 e. The van der Waals surface area contributed by atoms with Crippen LogP contribution in [0.1, 0.15) is 17.9 Å². The molecule has 0 radical (unpaired) electrons. The van der Waals surface area contributed by atoms with Gasteiger partial charge in [0, 0.05) is 12.5 Å². The maximum atomic E-state index is 13.3. The molecule has 1 unspecified atom stereocenters. The average molecular weight is 201 g/mol. The average Bonchev–Trinajstić information content (AvgIpc) is 2.67. The van der Waals surface area contributed by atoms with Crippen molar-refractivity contribution in [2.24, 2.45) is 0 Å². The third-order valence-electron chi connectivity index (χ3n) is 2.57. The van der Waals surface area contributed by atoms with Crippen LogP contribution in [0.25, 0.3) is 0 Å². The van der Waals surface area contributed by atoms with Crippen LogP contribution in [0, 0.1) is 17.5 Å². The maximum absolute atomic E-state index is 13.3. The van der Waals surface area contributed by atoms with Crippen LogP contribution in [0.15, 0.2) is 12.1 Å². The van der Waals surface area contributed by atoms with Crippen LogP contribution in [-0.4, -0.2) is 13.1 Å². The van der Waals surface area contributed by atoms with Gasteiger partial charge in [0.15, 0.2) is 17.5 Å². The third kappa shape index (κ3) is 1.50. The lowest BCUT2D eigenvalue weighted by atomic mass is 9.98. The van der Waals surface area contributed by atoms with Gasteiger partial charge >= 0.3 is 0 Å². The Kier molecular flexibility index (Phi) is 2.46. The molecule has 1 aliphatic rings. The van der Waals surface area contributed by atoms with E-state index in [1.807, 2.05) is 0 Å². The lowest BCUT2D eigenvalue weighted by molar-refractivity contribution is 0.436. The second kappa shape index (κ2) is 3.61. The minimum absolute atomic E-state index is 0.0369. The first-order valence-electron chi connectivity index (χ1n) is 4.54. The molecule has 4 heteroatoms. The van der Waals surface area contributed by atoms with Gasteiger partial charge < -0.3 is 5.32 Å². The highest BCUT2D eigenvalue weighted by molar-refractivity contribution is 5.25. The summed E-state index contributed by atoms with van der Waals surface area (Å²) in [4.78, 5) is 0. The molecule has 1 N–H and O–H groups in total. The van der Waals surface area contributed by atoms with Crippen molar-refractivity contribution in [3.63, 3.8) is 0 Å². The molecule has 0 saturated carbocycles. The second-order valence-electron chi connectivity index (χ2n) is 3.45. The first-order chi connectivity index (χ1) is 6.70. The Morgan fingerprint density at radius 2 is 1.93 bits per heavy atom. The van der Waals surface area contributed by atoms with E-state index < -0.39 is 17.5 Å². The molecule has 1 atom stereocenters. The van der Waals surface area contributed by atoms with E-state index in [9.17, 15) is 13.2 Å². The van der Waals surface area contributed by atoms with Crippen molar-refractivity contribution in [3.05, 3.63) is 35.1 Å². The molecule has 1 aromatic rings. The van der Waals surface area contributed by atoms with Crippen molar-refractivity contribution in [3.8, 4) is 0 Å². The number of benzene rings is 1. The summed E-state index contributed by atoms with van der Waals surface area (Å²) in [6.45, 7) is 1.42. The monoisotopic (exact) mass is 201 g/mol. The van der Waals surface area contributed by atoms with E-state index in [1.165, 1.54) is 6.07 Å². The van der Waals surface area contributed by atoms with Gasteiger partial charge in [-0.15, -0.1) is 0 Å². The Hall–Kier alpha value is -1.03. The summed E-state index contributed by atoms with van der Waals surface area (Å²) >= 11 is 0. The molecule has 0 aliphatic carbocycles. The zero-order valence-electron chi connectivity index (χ0n) is 7.49. The Balaban J connectivity index is 2.38. The summed E-state index contributed by atoms with van der Waals surface area (Å²) in [6.07, 6.45) is 0.766. The number of hydrogen-bond acceptors (Lipinski definition) is 1. The SMILES string of the molecule is Fc1ccc(C2CCNC2)c(F)c1F. The van der Waals surface area contributed by atoms with Crippen LogP contribution in [0.2, 0.25) is 0 Å². The van der Waals surface area contributed by atoms with Gasteiger partial charge in [0.1, 0.15) is 0 Å². The first kappa shape index (κ1) is 9.52. The van der Waals surface area contributed by atoms with Gasteiger partial charge in [0.25, 0.3) is 0 Å². The Bertz CT molecular complexity index is 345. The topological polar surface area (TPSA) is 12.0 Å². The second-order valence-corrected chi connectivity index (χ2v) is 3.45. The summed E-state index contributed by atoms with van der Waals surface area (Å²) in [7, 11) is 0. The Morgan fingerprint density at radius 1 is 1.14 bits per heavy atom. The van der Waals surface area contributed by atoms with Crippen molar-refractivity contribution in [1.29, 1.82) is 0 Å². The highest BCUT2D eigenvalue weighted by atomic mass is 19.2. The molecule has 1 fully saturated rings. The van der Waals surface area contributed by atoms with Gasteiger partial charge in [0.05, 0.1) is 0 Å². The molecule has 0 bridgehead atoms. The van der Waals surface area contributed by atoms with E-state index in [0.717, 1.165) is 19.0 Å². The van der Waals surface area contributed by atoms with E-state index >= 15 is 0 Å². The molecule has 0 amide bonds. The quantitative estimate of drug-likeness (QED) is 0.687. The first-order valence-corrected chi connectivity index (χ1v) is 4.54. The van der Waals surface area contributed by atoms with Gasteiger partial charge in [-0.05, 0) is 24.6 Å². The van der Waals surface area contributed by atoms with Gasteiger partial charge in [0.2, 0.25) is 0 Å². The zero-order valence-corrected chi connectivity index (χ0v) is 7.49. The summed E-state index contributed by atoms with van der Waals surface area (Å²) in [5.74, 6) is -3.57. The number of hydrogen-bond donors (Lipinski definition) is 1. The van der Waals surface area contributed by atoms with Gasteiger partial charge in [-0.1, -0.05) is 6.07 Å². The van der Waals surface area contributed by atoms with Crippen LogP contribution in [0.5, 0.6) is 0 Å². The lowest BCUT2D eigenvalue weighted by Gasteiger charge is -2.10. The molecular weight excluding hydrogens is 191 g/mol. The van der Waals surface area contributed by atoms with E-state index in [2.05, 4.69) is 5.32 Å². The fourth-order valence-corrected chi connectivity index (χ4v) is 1.78. The fourth-order valence-electron chi connectivity index (χ4n) is 1.78. The molecule has 0 aromatic heterocycles. The third-order valence-corrected chi connectivity index (χ3v) is 2.57. The lowest BCUT2D eigenvalue weighted by Crippen LogP contribution is -2.10. The molecule has 2 rings (SSSR count). The predicted molar refractivity (Wildman–Crippen MR) is 46.5 cm³/mol.